The summed E-state index contributed by atoms with van der Waals surface area (Å²) < 4.78 is 5.09. The molecule has 0 atom stereocenters. The highest BCUT2D eigenvalue weighted by Gasteiger charge is 2.15. The summed E-state index contributed by atoms with van der Waals surface area (Å²) in [6, 6.07) is 2.95. The summed E-state index contributed by atoms with van der Waals surface area (Å²) in [7, 11) is 0. The van der Waals surface area contributed by atoms with E-state index in [1.807, 2.05) is 0 Å². The van der Waals surface area contributed by atoms with Crippen LogP contribution in [0.2, 0.25) is 10.0 Å². The molecule has 3 nitrogen and oxygen atoms in total. The van der Waals surface area contributed by atoms with Gasteiger partial charge in [0.05, 0.1) is 22.9 Å². The zero-order chi connectivity index (χ0) is 13.0. The van der Waals surface area contributed by atoms with Crippen molar-refractivity contribution in [1.29, 1.82) is 0 Å². The molecule has 0 amide bonds. The normalized spacial score (nSPS) is 10.6. The molecule has 0 radical (unpaired) electrons. The van der Waals surface area contributed by atoms with Crippen LogP contribution in [0, 0.1) is 5.92 Å². The average molecular weight is 276 g/mol. The second-order valence-electron chi connectivity index (χ2n) is 4.17. The van der Waals surface area contributed by atoms with Crippen molar-refractivity contribution < 1.29 is 9.53 Å². The number of rotatable bonds is 4. The first-order valence-corrected chi connectivity index (χ1v) is 6.09. The van der Waals surface area contributed by atoms with E-state index in [1.165, 1.54) is 12.1 Å². The average Bonchev–Trinajstić information content (AvgIpc) is 2.22. The molecule has 0 aliphatic rings. The van der Waals surface area contributed by atoms with E-state index in [2.05, 4.69) is 13.8 Å². The number of carbonyl (C=O) groups is 1. The molecule has 1 aromatic carbocycles. The van der Waals surface area contributed by atoms with Crippen molar-refractivity contribution in [1.82, 2.24) is 0 Å². The van der Waals surface area contributed by atoms with Gasteiger partial charge in [0.25, 0.3) is 0 Å². The lowest BCUT2D eigenvalue weighted by atomic mass is 10.1. The number of anilines is 1. The van der Waals surface area contributed by atoms with Gasteiger partial charge in [-0.15, -0.1) is 0 Å². The van der Waals surface area contributed by atoms with Gasteiger partial charge in [-0.3, -0.25) is 0 Å². The minimum absolute atomic E-state index is 0.200. The van der Waals surface area contributed by atoms with E-state index in [9.17, 15) is 4.79 Å². The Morgan fingerprint density at radius 1 is 1.41 bits per heavy atom. The maximum Gasteiger partial charge on any atom is 0.340 e. The van der Waals surface area contributed by atoms with Crippen molar-refractivity contribution in [3.05, 3.63) is 27.7 Å². The van der Waals surface area contributed by atoms with Gasteiger partial charge in [-0.2, -0.15) is 0 Å². The highest BCUT2D eigenvalue weighted by molar-refractivity contribution is 6.37. The number of ether oxygens (including phenoxy) is 1. The van der Waals surface area contributed by atoms with E-state index in [0.717, 1.165) is 6.42 Å². The molecule has 2 N–H and O–H groups in total. The highest BCUT2D eigenvalue weighted by Crippen LogP contribution is 2.28. The van der Waals surface area contributed by atoms with Gasteiger partial charge in [0.2, 0.25) is 0 Å². The Bertz CT molecular complexity index is 419. The van der Waals surface area contributed by atoms with Gasteiger partial charge < -0.3 is 10.5 Å². The number of benzene rings is 1. The largest absolute Gasteiger partial charge is 0.462 e. The van der Waals surface area contributed by atoms with E-state index in [4.69, 9.17) is 33.7 Å². The lowest BCUT2D eigenvalue weighted by molar-refractivity contribution is 0.0489. The van der Waals surface area contributed by atoms with Crippen molar-refractivity contribution in [2.45, 2.75) is 20.3 Å². The standard InChI is InChI=1S/C12H15Cl2NO2/c1-7(2)3-4-17-12(16)9-5-8(13)6-10(14)11(9)15/h5-7H,3-4,15H2,1-2H3. The van der Waals surface area contributed by atoms with Crippen LogP contribution in [-0.2, 0) is 4.74 Å². The zero-order valence-corrected chi connectivity index (χ0v) is 11.3. The first-order chi connectivity index (χ1) is 7.91. The lowest BCUT2D eigenvalue weighted by Crippen LogP contribution is -2.10. The van der Waals surface area contributed by atoms with Crippen LogP contribution in [0.25, 0.3) is 0 Å². The lowest BCUT2D eigenvalue weighted by Gasteiger charge is -2.09. The molecule has 0 unspecified atom stereocenters. The summed E-state index contributed by atoms with van der Waals surface area (Å²) in [5, 5.41) is 0.619. The Labute approximate surface area is 111 Å². The van der Waals surface area contributed by atoms with Crippen LogP contribution < -0.4 is 5.73 Å². The monoisotopic (exact) mass is 275 g/mol. The third kappa shape index (κ3) is 4.10. The van der Waals surface area contributed by atoms with E-state index >= 15 is 0 Å². The molecule has 0 spiro atoms. The number of esters is 1. The Morgan fingerprint density at radius 3 is 2.65 bits per heavy atom. The molecule has 0 bridgehead atoms. The Hall–Kier alpha value is -0.930. The van der Waals surface area contributed by atoms with Crippen molar-refractivity contribution >= 4 is 34.9 Å². The molecule has 0 aliphatic heterocycles. The van der Waals surface area contributed by atoms with Crippen LogP contribution in [0.15, 0.2) is 12.1 Å². The van der Waals surface area contributed by atoms with Crippen LogP contribution in [-0.4, -0.2) is 12.6 Å². The predicted octanol–water partition coefficient (Wildman–Crippen LogP) is 3.78. The van der Waals surface area contributed by atoms with Gasteiger partial charge in [0, 0.05) is 5.02 Å². The number of hydrogen-bond donors (Lipinski definition) is 1. The maximum absolute atomic E-state index is 11.7. The summed E-state index contributed by atoms with van der Waals surface area (Å²) >= 11 is 11.6. The van der Waals surface area contributed by atoms with Gasteiger partial charge in [0.1, 0.15) is 0 Å². The minimum atomic E-state index is -0.493. The first kappa shape index (κ1) is 14.1. The fraction of sp³-hybridized carbons (Fsp3) is 0.417. The van der Waals surface area contributed by atoms with Crippen molar-refractivity contribution in [2.75, 3.05) is 12.3 Å². The smallest absolute Gasteiger partial charge is 0.340 e. The van der Waals surface area contributed by atoms with E-state index in [-0.39, 0.29) is 16.3 Å². The summed E-state index contributed by atoms with van der Waals surface area (Å²) in [6.45, 7) is 4.47. The van der Waals surface area contributed by atoms with Crippen molar-refractivity contribution in [2.24, 2.45) is 5.92 Å². The molecule has 17 heavy (non-hydrogen) atoms. The molecular weight excluding hydrogens is 261 g/mol. The zero-order valence-electron chi connectivity index (χ0n) is 9.80. The van der Waals surface area contributed by atoms with Crippen LogP contribution in [0.4, 0.5) is 5.69 Å². The Kier molecular flexibility index (Phi) is 5.09. The van der Waals surface area contributed by atoms with Crippen LogP contribution in [0.3, 0.4) is 0 Å². The van der Waals surface area contributed by atoms with Crippen LogP contribution in [0.5, 0.6) is 0 Å². The molecule has 0 fully saturated rings. The summed E-state index contributed by atoms with van der Waals surface area (Å²) in [6.07, 6.45) is 0.805. The molecule has 5 heteroatoms. The molecule has 0 aliphatic carbocycles. The number of nitrogens with two attached hydrogens (primary N) is 1. The van der Waals surface area contributed by atoms with Gasteiger partial charge in [-0.1, -0.05) is 37.0 Å². The van der Waals surface area contributed by atoms with E-state index in [1.54, 1.807) is 0 Å². The predicted molar refractivity (Wildman–Crippen MR) is 70.6 cm³/mol. The molecule has 0 aromatic heterocycles. The van der Waals surface area contributed by atoms with E-state index in [0.29, 0.717) is 17.5 Å². The molecular formula is C12H15Cl2NO2. The molecule has 1 aromatic rings. The van der Waals surface area contributed by atoms with Gasteiger partial charge in [0.15, 0.2) is 0 Å². The second-order valence-corrected chi connectivity index (χ2v) is 5.01. The molecule has 94 valence electrons. The number of nitrogen functional groups attached to an aromatic ring is 1. The third-order valence-corrected chi connectivity index (χ3v) is 2.77. The summed E-state index contributed by atoms with van der Waals surface area (Å²) in [5.74, 6) is -0.0179. The molecule has 0 saturated carbocycles. The Morgan fingerprint density at radius 2 is 2.06 bits per heavy atom. The topological polar surface area (TPSA) is 52.3 Å². The van der Waals surface area contributed by atoms with Crippen molar-refractivity contribution in [3.63, 3.8) is 0 Å². The van der Waals surface area contributed by atoms with Crippen molar-refractivity contribution in [3.8, 4) is 0 Å². The van der Waals surface area contributed by atoms with Gasteiger partial charge in [-0.25, -0.2) is 4.79 Å². The van der Waals surface area contributed by atoms with Crippen LogP contribution in [0.1, 0.15) is 30.6 Å². The van der Waals surface area contributed by atoms with Gasteiger partial charge >= 0.3 is 5.97 Å². The molecule has 0 heterocycles. The fourth-order valence-electron chi connectivity index (χ4n) is 1.22. The minimum Gasteiger partial charge on any atom is -0.462 e. The summed E-state index contributed by atoms with van der Waals surface area (Å²) in [4.78, 5) is 11.7. The number of hydrogen-bond acceptors (Lipinski definition) is 3. The number of carbonyl (C=O) groups excluding carboxylic acids is 1. The third-order valence-electron chi connectivity index (χ3n) is 2.24. The van der Waals surface area contributed by atoms with Crippen LogP contribution >= 0.6 is 23.2 Å². The van der Waals surface area contributed by atoms with E-state index < -0.39 is 5.97 Å². The fourth-order valence-corrected chi connectivity index (χ4v) is 1.71. The maximum atomic E-state index is 11.7. The number of halogens is 2. The highest BCUT2D eigenvalue weighted by atomic mass is 35.5. The molecule has 1 rings (SSSR count). The summed E-state index contributed by atoms with van der Waals surface area (Å²) in [5.41, 5.74) is 6.11. The SMILES string of the molecule is CC(C)CCOC(=O)c1cc(Cl)cc(Cl)c1N. The Balaban J connectivity index is 2.75. The quantitative estimate of drug-likeness (QED) is 0.672. The van der Waals surface area contributed by atoms with Gasteiger partial charge in [-0.05, 0) is 24.5 Å². The molecule has 0 saturated heterocycles. The second kappa shape index (κ2) is 6.12. The first-order valence-electron chi connectivity index (χ1n) is 5.33.